The predicted molar refractivity (Wildman–Crippen MR) is 66.3 cm³/mol. The van der Waals surface area contributed by atoms with Crippen LogP contribution in [0.25, 0.3) is 0 Å². The third-order valence-corrected chi connectivity index (χ3v) is 2.48. The van der Waals surface area contributed by atoms with Crippen LogP contribution in [0.2, 0.25) is 0 Å². The summed E-state index contributed by atoms with van der Waals surface area (Å²) in [6.07, 6.45) is 1.99. The first-order valence-electron chi connectivity index (χ1n) is 5.14. The van der Waals surface area contributed by atoms with Gasteiger partial charge in [-0.2, -0.15) is 0 Å². The molecular weight excluding hydrogens is 272 g/mol. The maximum absolute atomic E-state index is 11.5. The summed E-state index contributed by atoms with van der Waals surface area (Å²) in [6.45, 7) is 4.22. The van der Waals surface area contributed by atoms with Crippen LogP contribution < -0.4 is 10.9 Å². The number of hydrogen-bond donors (Lipinski definition) is 1. The molecule has 0 atom stereocenters. The highest BCUT2D eigenvalue weighted by Crippen LogP contribution is 2.03. The van der Waals surface area contributed by atoms with Crippen LogP contribution in [0.1, 0.15) is 20.3 Å². The third kappa shape index (κ3) is 4.18. The Morgan fingerprint density at radius 3 is 2.81 bits per heavy atom. The largest absolute Gasteiger partial charge is 0.354 e. The maximum Gasteiger partial charge on any atom is 0.251 e. The molecule has 1 heterocycles. The highest BCUT2D eigenvalue weighted by molar-refractivity contribution is 9.10. The van der Waals surface area contributed by atoms with Gasteiger partial charge in [-0.15, -0.1) is 0 Å². The Morgan fingerprint density at radius 1 is 1.56 bits per heavy atom. The highest BCUT2D eigenvalue weighted by atomic mass is 79.9. The molecule has 1 N–H and O–H groups in total. The monoisotopic (exact) mass is 286 g/mol. The Kier molecular flexibility index (Phi) is 4.73. The van der Waals surface area contributed by atoms with Crippen molar-refractivity contribution < 1.29 is 4.79 Å². The first-order chi connectivity index (χ1) is 7.49. The van der Waals surface area contributed by atoms with Gasteiger partial charge in [0.25, 0.3) is 5.56 Å². The van der Waals surface area contributed by atoms with Crippen LogP contribution >= 0.6 is 15.9 Å². The molecule has 0 unspecified atom stereocenters. The van der Waals surface area contributed by atoms with E-state index in [4.69, 9.17) is 0 Å². The van der Waals surface area contributed by atoms with Crippen LogP contribution in [-0.4, -0.2) is 16.5 Å². The van der Waals surface area contributed by atoms with Gasteiger partial charge in [-0.25, -0.2) is 0 Å². The molecular formula is C11H15BrN2O2. The molecule has 0 aliphatic rings. The molecule has 88 valence electrons. The summed E-state index contributed by atoms with van der Waals surface area (Å²) in [4.78, 5) is 22.8. The molecule has 1 rings (SSSR count). The molecule has 0 aliphatic heterocycles. The molecule has 0 bridgehead atoms. The number of hydrogen-bond acceptors (Lipinski definition) is 2. The van der Waals surface area contributed by atoms with Gasteiger partial charge in [0, 0.05) is 35.7 Å². The fourth-order valence-electron chi connectivity index (χ4n) is 1.28. The molecule has 5 heteroatoms. The fourth-order valence-corrected chi connectivity index (χ4v) is 1.60. The predicted octanol–water partition coefficient (Wildman–Crippen LogP) is 1.53. The van der Waals surface area contributed by atoms with E-state index in [0.29, 0.717) is 13.0 Å². The minimum atomic E-state index is -0.105. The number of nitrogens with one attached hydrogen (secondary N) is 1. The number of carbonyl (C=O) groups is 1. The van der Waals surface area contributed by atoms with E-state index >= 15 is 0 Å². The zero-order valence-electron chi connectivity index (χ0n) is 9.37. The van der Waals surface area contributed by atoms with E-state index in [9.17, 15) is 9.59 Å². The number of aromatic nitrogens is 1. The van der Waals surface area contributed by atoms with Crippen molar-refractivity contribution >= 4 is 21.8 Å². The quantitative estimate of drug-likeness (QED) is 0.913. The molecule has 0 aliphatic carbocycles. The molecule has 0 saturated heterocycles. The van der Waals surface area contributed by atoms with E-state index in [0.717, 1.165) is 4.47 Å². The van der Waals surface area contributed by atoms with Crippen molar-refractivity contribution in [2.45, 2.75) is 32.9 Å². The van der Waals surface area contributed by atoms with Crippen LogP contribution in [0.5, 0.6) is 0 Å². The molecule has 16 heavy (non-hydrogen) atoms. The van der Waals surface area contributed by atoms with Crippen LogP contribution in [0.4, 0.5) is 0 Å². The van der Waals surface area contributed by atoms with Crippen molar-refractivity contribution in [1.82, 2.24) is 9.88 Å². The summed E-state index contributed by atoms with van der Waals surface area (Å²) >= 11 is 3.22. The zero-order chi connectivity index (χ0) is 12.1. The summed E-state index contributed by atoms with van der Waals surface area (Å²) in [5, 5.41) is 2.78. The van der Waals surface area contributed by atoms with E-state index in [-0.39, 0.29) is 17.5 Å². The molecule has 1 amide bonds. The minimum Gasteiger partial charge on any atom is -0.354 e. The highest BCUT2D eigenvalue weighted by Gasteiger charge is 2.04. The normalized spacial score (nSPS) is 10.5. The Labute approximate surface area is 103 Å². The average Bonchev–Trinajstić information content (AvgIpc) is 2.15. The lowest BCUT2D eigenvalue weighted by Crippen LogP contribution is -2.31. The van der Waals surface area contributed by atoms with Gasteiger partial charge in [-0.05, 0) is 19.9 Å². The second-order valence-electron chi connectivity index (χ2n) is 3.85. The molecule has 0 radical (unpaired) electrons. The first-order valence-corrected chi connectivity index (χ1v) is 5.93. The van der Waals surface area contributed by atoms with Crippen LogP contribution in [0.3, 0.4) is 0 Å². The van der Waals surface area contributed by atoms with Crippen molar-refractivity contribution in [3.63, 3.8) is 0 Å². The van der Waals surface area contributed by atoms with Crippen molar-refractivity contribution in [3.05, 3.63) is 33.2 Å². The zero-order valence-corrected chi connectivity index (χ0v) is 11.0. The number of carbonyl (C=O) groups excluding carboxylic acids is 1. The lowest BCUT2D eigenvalue weighted by atomic mass is 10.3. The molecule has 0 saturated carbocycles. The van der Waals surface area contributed by atoms with Crippen molar-refractivity contribution in [2.75, 3.05) is 0 Å². The van der Waals surface area contributed by atoms with E-state index in [1.165, 1.54) is 10.6 Å². The molecule has 4 nitrogen and oxygen atoms in total. The molecule has 1 aromatic heterocycles. The summed E-state index contributed by atoms with van der Waals surface area (Å²) in [6, 6.07) is 3.40. The molecule has 0 aromatic carbocycles. The van der Waals surface area contributed by atoms with Gasteiger partial charge in [0.15, 0.2) is 0 Å². The third-order valence-electron chi connectivity index (χ3n) is 1.99. The van der Waals surface area contributed by atoms with Gasteiger partial charge in [-0.1, -0.05) is 15.9 Å². The maximum atomic E-state index is 11.5. The van der Waals surface area contributed by atoms with E-state index in [2.05, 4.69) is 21.2 Å². The minimum absolute atomic E-state index is 0.0372. The van der Waals surface area contributed by atoms with Gasteiger partial charge < -0.3 is 9.88 Å². The number of aryl methyl sites for hydroxylation is 1. The molecule has 0 spiro atoms. The van der Waals surface area contributed by atoms with E-state index in [1.54, 1.807) is 12.3 Å². The summed E-state index contributed by atoms with van der Waals surface area (Å²) in [5.74, 6) is -0.0372. The first kappa shape index (κ1) is 13.0. The smallest absolute Gasteiger partial charge is 0.251 e. The number of pyridine rings is 1. The summed E-state index contributed by atoms with van der Waals surface area (Å²) in [5.41, 5.74) is -0.105. The van der Waals surface area contributed by atoms with Gasteiger partial charge in [0.1, 0.15) is 0 Å². The second-order valence-corrected chi connectivity index (χ2v) is 4.76. The molecule has 0 fully saturated rings. The van der Waals surface area contributed by atoms with E-state index in [1.807, 2.05) is 13.8 Å². The van der Waals surface area contributed by atoms with Gasteiger partial charge in [-0.3, -0.25) is 9.59 Å². The Balaban J connectivity index is 2.55. The van der Waals surface area contributed by atoms with Gasteiger partial charge in [0.2, 0.25) is 5.91 Å². The summed E-state index contributed by atoms with van der Waals surface area (Å²) in [7, 11) is 0. The Hall–Kier alpha value is -1.10. The fraction of sp³-hybridized carbons (Fsp3) is 0.455. The van der Waals surface area contributed by atoms with Crippen molar-refractivity contribution in [2.24, 2.45) is 0 Å². The van der Waals surface area contributed by atoms with Gasteiger partial charge >= 0.3 is 0 Å². The topological polar surface area (TPSA) is 51.1 Å². The SMILES string of the molecule is CC(C)NC(=O)CCn1ccc(Br)cc1=O. The van der Waals surface area contributed by atoms with E-state index < -0.39 is 0 Å². The Bertz CT molecular complexity index is 426. The number of halogens is 1. The Morgan fingerprint density at radius 2 is 2.25 bits per heavy atom. The molecule has 1 aromatic rings. The van der Waals surface area contributed by atoms with Crippen molar-refractivity contribution in [3.8, 4) is 0 Å². The lowest BCUT2D eigenvalue weighted by Gasteiger charge is -2.09. The average molecular weight is 287 g/mol. The number of nitrogens with zero attached hydrogens (tertiary/aromatic N) is 1. The van der Waals surface area contributed by atoms with Crippen LogP contribution in [0.15, 0.2) is 27.6 Å². The lowest BCUT2D eigenvalue weighted by molar-refractivity contribution is -0.121. The second kappa shape index (κ2) is 5.84. The van der Waals surface area contributed by atoms with Crippen LogP contribution in [0, 0.1) is 0 Å². The van der Waals surface area contributed by atoms with Crippen LogP contribution in [-0.2, 0) is 11.3 Å². The number of amides is 1. The van der Waals surface area contributed by atoms with Gasteiger partial charge in [0.05, 0.1) is 0 Å². The standard InChI is InChI=1S/C11H15BrN2O2/c1-8(2)13-10(15)4-6-14-5-3-9(12)7-11(14)16/h3,5,7-8H,4,6H2,1-2H3,(H,13,15). The number of rotatable bonds is 4. The summed E-state index contributed by atoms with van der Waals surface area (Å²) < 4.78 is 2.27. The van der Waals surface area contributed by atoms with Crippen molar-refractivity contribution in [1.29, 1.82) is 0 Å².